The van der Waals surface area contributed by atoms with Crippen LogP contribution in [0.1, 0.15) is 30.7 Å². The van der Waals surface area contributed by atoms with Gasteiger partial charge in [-0.3, -0.25) is 4.55 Å². The van der Waals surface area contributed by atoms with E-state index in [4.69, 9.17) is 13.7 Å². The molecule has 0 aliphatic carbocycles. The minimum absolute atomic E-state index is 0.136. The normalized spacial score (nSPS) is 27.0. The number of rotatable bonds is 6. The zero-order chi connectivity index (χ0) is 17.6. The standard InChI is InChI=1S/C12H17N5O7S/c18-12-16-5-7(17(12)24-25(19,20)21)1-2-9(16)11-15-14-10(23-11)6-22-8-3-13-4-8/h7-9,13H,1-6H2,(H,19,20,21)/t7-,9+/m1/s1. The van der Waals surface area contributed by atoms with Gasteiger partial charge >= 0.3 is 16.4 Å². The van der Waals surface area contributed by atoms with Gasteiger partial charge in [-0.1, -0.05) is 0 Å². The van der Waals surface area contributed by atoms with E-state index in [9.17, 15) is 13.2 Å². The summed E-state index contributed by atoms with van der Waals surface area (Å²) in [6.45, 7) is 2.02. The first-order valence-corrected chi connectivity index (χ1v) is 9.18. The van der Waals surface area contributed by atoms with Crippen LogP contribution in [0.25, 0.3) is 0 Å². The largest absolute Gasteiger partial charge is 0.420 e. The summed E-state index contributed by atoms with van der Waals surface area (Å²) >= 11 is 0. The molecule has 0 unspecified atom stereocenters. The van der Waals surface area contributed by atoms with E-state index in [1.54, 1.807) is 0 Å². The van der Waals surface area contributed by atoms with Crippen molar-refractivity contribution >= 4 is 16.4 Å². The topological polar surface area (TPSA) is 147 Å². The number of hydrogen-bond donors (Lipinski definition) is 2. The van der Waals surface area contributed by atoms with Crippen molar-refractivity contribution in [3.05, 3.63) is 11.8 Å². The number of carbonyl (C=O) groups excluding carboxylic acids is 1. The van der Waals surface area contributed by atoms with Crippen molar-refractivity contribution < 1.29 is 31.2 Å². The van der Waals surface area contributed by atoms with Crippen LogP contribution in [-0.4, -0.2) is 70.9 Å². The number of fused-ring (bicyclic) bond motifs is 2. The van der Waals surface area contributed by atoms with Crippen LogP contribution in [-0.2, 0) is 26.0 Å². The molecule has 0 saturated carbocycles. The predicted octanol–water partition coefficient (Wildman–Crippen LogP) is -0.766. The first kappa shape index (κ1) is 16.7. The third kappa shape index (κ3) is 3.32. The van der Waals surface area contributed by atoms with Gasteiger partial charge in [0, 0.05) is 19.6 Å². The number of piperidine rings is 1. The highest BCUT2D eigenvalue weighted by molar-refractivity contribution is 7.80. The van der Waals surface area contributed by atoms with Gasteiger partial charge in [0.15, 0.2) is 0 Å². The first-order valence-electron chi connectivity index (χ1n) is 7.82. The number of nitrogens with one attached hydrogen (secondary N) is 1. The predicted molar refractivity (Wildman–Crippen MR) is 78.1 cm³/mol. The Hall–Kier alpha value is -1.80. The van der Waals surface area contributed by atoms with Crippen molar-refractivity contribution in [1.29, 1.82) is 0 Å². The Morgan fingerprint density at radius 2 is 2.12 bits per heavy atom. The van der Waals surface area contributed by atoms with Crippen LogP contribution >= 0.6 is 0 Å². The Morgan fingerprint density at radius 3 is 2.80 bits per heavy atom. The van der Waals surface area contributed by atoms with E-state index in [-0.39, 0.29) is 25.1 Å². The minimum Gasteiger partial charge on any atom is -0.420 e. The molecule has 13 heteroatoms. The van der Waals surface area contributed by atoms with Gasteiger partial charge < -0.3 is 19.4 Å². The van der Waals surface area contributed by atoms with Crippen molar-refractivity contribution in [2.45, 2.75) is 37.6 Å². The molecule has 2 N–H and O–H groups in total. The molecule has 3 aliphatic rings. The lowest BCUT2D eigenvalue weighted by atomic mass is 10.0. The Balaban J connectivity index is 1.43. The van der Waals surface area contributed by atoms with Crippen LogP contribution in [0.5, 0.6) is 0 Å². The SMILES string of the molecule is O=C1N2C[C@@H](CC[C@H]2c2nnc(COC3CNC3)o2)N1OS(=O)(=O)O. The number of aromatic nitrogens is 2. The van der Waals surface area contributed by atoms with E-state index in [1.165, 1.54) is 4.90 Å². The van der Waals surface area contributed by atoms with Gasteiger partial charge in [-0.2, -0.15) is 13.5 Å². The highest BCUT2D eigenvalue weighted by Gasteiger charge is 2.49. The van der Waals surface area contributed by atoms with Crippen LogP contribution in [0.4, 0.5) is 4.79 Å². The second-order valence-corrected chi connectivity index (χ2v) is 7.14. The van der Waals surface area contributed by atoms with Gasteiger partial charge in [-0.05, 0) is 12.8 Å². The van der Waals surface area contributed by atoms with E-state index in [1.807, 2.05) is 0 Å². The lowest BCUT2D eigenvalue weighted by Gasteiger charge is -2.27. The van der Waals surface area contributed by atoms with Crippen molar-refractivity contribution in [3.8, 4) is 0 Å². The molecule has 2 atom stereocenters. The summed E-state index contributed by atoms with van der Waals surface area (Å²) in [5, 5.41) is 11.7. The van der Waals surface area contributed by atoms with Gasteiger partial charge in [0.1, 0.15) is 12.6 Å². The van der Waals surface area contributed by atoms with Crippen molar-refractivity contribution in [2.24, 2.45) is 0 Å². The molecule has 0 aromatic carbocycles. The van der Waals surface area contributed by atoms with Gasteiger partial charge in [0.25, 0.3) is 0 Å². The molecule has 138 valence electrons. The van der Waals surface area contributed by atoms with Crippen LogP contribution in [0, 0.1) is 0 Å². The second-order valence-electron chi connectivity index (χ2n) is 6.14. The molecule has 4 rings (SSSR count). The van der Waals surface area contributed by atoms with Gasteiger partial charge in [0.2, 0.25) is 11.8 Å². The Labute approximate surface area is 143 Å². The van der Waals surface area contributed by atoms with Crippen molar-refractivity contribution in [2.75, 3.05) is 19.6 Å². The number of carbonyl (C=O) groups is 1. The molecule has 12 nitrogen and oxygen atoms in total. The molecule has 3 aliphatic heterocycles. The van der Waals surface area contributed by atoms with Gasteiger partial charge in [-0.15, -0.1) is 14.5 Å². The molecule has 1 aromatic rings. The smallest absolute Gasteiger partial charge is 0.418 e. The van der Waals surface area contributed by atoms with Crippen molar-refractivity contribution in [3.63, 3.8) is 0 Å². The minimum atomic E-state index is -4.76. The summed E-state index contributed by atoms with van der Waals surface area (Å²) in [6, 6.07) is -1.59. The fourth-order valence-electron chi connectivity index (χ4n) is 3.12. The summed E-state index contributed by atoms with van der Waals surface area (Å²) in [5.74, 6) is 0.590. The number of urea groups is 1. The van der Waals surface area contributed by atoms with E-state index in [2.05, 4.69) is 19.8 Å². The molecular weight excluding hydrogens is 358 g/mol. The number of hydrogen-bond acceptors (Lipinski definition) is 9. The first-order chi connectivity index (χ1) is 11.9. The molecular formula is C12H17N5O7S. The van der Waals surface area contributed by atoms with Gasteiger partial charge in [-0.25, -0.2) is 4.79 Å². The Kier molecular flexibility index (Phi) is 4.11. The average Bonchev–Trinajstić information content (AvgIpc) is 3.05. The van der Waals surface area contributed by atoms with Crippen LogP contribution < -0.4 is 5.32 Å². The van der Waals surface area contributed by atoms with E-state index < -0.39 is 28.5 Å². The number of ether oxygens (including phenoxy) is 1. The summed E-state index contributed by atoms with van der Waals surface area (Å²) in [4.78, 5) is 13.7. The fourth-order valence-corrected chi connectivity index (χ4v) is 3.51. The molecule has 4 heterocycles. The third-order valence-electron chi connectivity index (χ3n) is 4.45. The average molecular weight is 375 g/mol. The molecule has 25 heavy (non-hydrogen) atoms. The Bertz CT molecular complexity index is 764. The van der Waals surface area contributed by atoms with Gasteiger partial charge in [0.05, 0.1) is 12.1 Å². The summed E-state index contributed by atoms with van der Waals surface area (Å²) < 4.78 is 46.1. The molecule has 3 saturated heterocycles. The van der Waals surface area contributed by atoms with Crippen LogP contribution in [0.15, 0.2) is 4.42 Å². The van der Waals surface area contributed by atoms with E-state index in [0.29, 0.717) is 23.8 Å². The third-order valence-corrected chi connectivity index (χ3v) is 4.80. The second kappa shape index (κ2) is 6.17. The monoisotopic (exact) mass is 375 g/mol. The fraction of sp³-hybridized carbons (Fsp3) is 0.750. The van der Waals surface area contributed by atoms with Crippen LogP contribution in [0.2, 0.25) is 0 Å². The number of nitrogens with zero attached hydrogens (tertiary/aromatic N) is 4. The highest BCUT2D eigenvalue weighted by atomic mass is 32.3. The van der Waals surface area contributed by atoms with E-state index >= 15 is 0 Å². The van der Waals surface area contributed by atoms with Crippen molar-refractivity contribution in [1.82, 2.24) is 25.5 Å². The Morgan fingerprint density at radius 1 is 1.32 bits per heavy atom. The highest BCUT2D eigenvalue weighted by Crippen LogP contribution is 2.38. The molecule has 0 spiro atoms. The van der Waals surface area contributed by atoms with Crippen LogP contribution in [0.3, 0.4) is 0 Å². The maximum absolute atomic E-state index is 12.3. The maximum atomic E-state index is 12.3. The lowest BCUT2D eigenvalue weighted by molar-refractivity contribution is -0.0317. The lowest BCUT2D eigenvalue weighted by Crippen LogP contribution is -2.48. The molecule has 1 aromatic heterocycles. The maximum Gasteiger partial charge on any atom is 0.418 e. The summed E-state index contributed by atoms with van der Waals surface area (Å²) in [6.07, 6.45) is 1.12. The quantitative estimate of drug-likeness (QED) is 0.607. The van der Waals surface area contributed by atoms with E-state index in [0.717, 1.165) is 13.1 Å². The molecule has 2 bridgehead atoms. The zero-order valence-corrected chi connectivity index (χ0v) is 13.9. The molecule has 0 radical (unpaired) electrons. The number of amides is 2. The number of hydroxylamine groups is 2. The molecule has 2 amide bonds. The summed E-state index contributed by atoms with van der Waals surface area (Å²) in [7, 11) is -4.76. The summed E-state index contributed by atoms with van der Waals surface area (Å²) in [5.41, 5.74) is 0. The zero-order valence-electron chi connectivity index (χ0n) is 13.1. The molecule has 3 fully saturated rings.